The van der Waals surface area contributed by atoms with Crippen LogP contribution in [0.2, 0.25) is 0 Å². The second-order valence-electron chi connectivity index (χ2n) is 3.24. The molecule has 0 aromatic carbocycles. The van der Waals surface area contributed by atoms with Crippen LogP contribution < -0.4 is 0 Å². The fraction of sp³-hybridized carbons (Fsp3) is 0.500. The maximum atomic E-state index is 11.7. The normalized spacial score (nSPS) is 10.5. The van der Waals surface area contributed by atoms with Gasteiger partial charge in [-0.15, -0.1) is 0 Å². The van der Waals surface area contributed by atoms with Crippen molar-refractivity contribution in [3.05, 3.63) is 12.2 Å². The molecule has 108 valence electrons. The lowest BCUT2D eigenvalue weighted by atomic mass is 10.4. The predicted molar refractivity (Wildman–Crippen MR) is 53.7 cm³/mol. The summed E-state index contributed by atoms with van der Waals surface area (Å²) in [4.78, 5) is 32.4. The Morgan fingerprint density at radius 1 is 0.947 bits per heavy atom. The Balaban J connectivity index is 3.83. The van der Waals surface area contributed by atoms with Crippen LogP contribution in [0.15, 0.2) is 12.2 Å². The molecule has 0 bridgehead atoms. The Hall–Kier alpha value is -2.06. The fourth-order valence-electron chi connectivity index (χ4n) is 0.657. The zero-order valence-electron chi connectivity index (χ0n) is 9.91. The number of rotatable bonds is 5. The molecule has 0 aromatic rings. The Morgan fingerprint density at radius 3 is 1.79 bits per heavy atom. The second-order valence-corrected chi connectivity index (χ2v) is 3.24. The van der Waals surface area contributed by atoms with Crippen molar-refractivity contribution < 1.29 is 41.8 Å². The molecule has 0 radical (unpaired) electrons. The van der Waals surface area contributed by atoms with Gasteiger partial charge < -0.3 is 14.2 Å². The van der Waals surface area contributed by atoms with E-state index in [2.05, 4.69) is 20.8 Å². The van der Waals surface area contributed by atoms with Crippen LogP contribution in [-0.2, 0) is 28.6 Å². The average molecular weight is 284 g/mol. The highest BCUT2D eigenvalue weighted by atomic mass is 19.4. The lowest BCUT2D eigenvalue weighted by Gasteiger charge is -2.08. The smallest absolute Gasteiger partial charge is 0.422 e. The van der Waals surface area contributed by atoms with Gasteiger partial charge in [0.25, 0.3) is 0 Å². The molecule has 9 heteroatoms. The minimum absolute atomic E-state index is 0.121. The van der Waals surface area contributed by atoms with Crippen molar-refractivity contribution in [3.63, 3.8) is 0 Å². The van der Waals surface area contributed by atoms with E-state index in [0.717, 1.165) is 0 Å². The summed E-state index contributed by atoms with van der Waals surface area (Å²) in [5, 5.41) is 0. The lowest BCUT2D eigenvalue weighted by molar-refractivity contribution is -0.192. The Bertz CT molecular complexity index is 374. The van der Waals surface area contributed by atoms with E-state index in [1.807, 2.05) is 0 Å². The molecule has 0 fully saturated rings. The minimum Gasteiger partial charge on any atom is -0.459 e. The largest absolute Gasteiger partial charge is 0.459 e. The number of carbonyl (C=O) groups excluding carboxylic acids is 3. The van der Waals surface area contributed by atoms with Gasteiger partial charge in [0.2, 0.25) is 0 Å². The van der Waals surface area contributed by atoms with Gasteiger partial charge in [-0.2, -0.15) is 13.2 Å². The molecule has 19 heavy (non-hydrogen) atoms. The predicted octanol–water partition coefficient (Wildman–Crippen LogP) is 0.754. The highest BCUT2D eigenvalue weighted by molar-refractivity contribution is 6.29. The number of halogens is 3. The maximum Gasteiger partial charge on any atom is 0.422 e. The van der Waals surface area contributed by atoms with Crippen molar-refractivity contribution in [1.29, 1.82) is 0 Å². The molecule has 0 atom stereocenters. The zero-order chi connectivity index (χ0) is 15.1. The first-order chi connectivity index (χ1) is 8.63. The van der Waals surface area contributed by atoms with E-state index in [1.165, 1.54) is 6.92 Å². The van der Waals surface area contributed by atoms with E-state index in [1.54, 1.807) is 0 Å². The highest BCUT2D eigenvalue weighted by Gasteiger charge is 2.31. The van der Waals surface area contributed by atoms with Crippen LogP contribution in [0, 0.1) is 0 Å². The van der Waals surface area contributed by atoms with Crippen LogP contribution in [0.3, 0.4) is 0 Å². The van der Waals surface area contributed by atoms with Crippen LogP contribution in [0.4, 0.5) is 13.2 Å². The van der Waals surface area contributed by atoms with E-state index >= 15 is 0 Å². The van der Waals surface area contributed by atoms with Crippen LogP contribution >= 0.6 is 0 Å². The third-order valence-electron chi connectivity index (χ3n) is 1.43. The number of alkyl halides is 3. The lowest BCUT2D eigenvalue weighted by Crippen LogP contribution is -2.27. The first-order valence-corrected chi connectivity index (χ1v) is 4.86. The summed E-state index contributed by atoms with van der Waals surface area (Å²) >= 11 is 0. The van der Waals surface area contributed by atoms with Crippen molar-refractivity contribution in [2.45, 2.75) is 13.1 Å². The molecule has 0 rings (SSSR count). The summed E-state index contributed by atoms with van der Waals surface area (Å²) in [6.07, 6.45) is -4.73. The third kappa shape index (κ3) is 8.63. The fourth-order valence-corrected chi connectivity index (χ4v) is 0.657. The maximum absolute atomic E-state index is 11.7. The van der Waals surface area contributed by atoms with Gasteiger partial charge in [-0.05, 0) is 6.92 Å². The summed E-state index contributed by atoms with van der Waals surface area (Å²) in [7, 11) is 0. The van der Waals surface area contributed by atoms with Gasteiger partial charge in [0.15, 0.2) is 6.61 Å². The van der Waals surface area contributed by atoms with E-state index in [9.17, 15) is 27.6 Å². The van der Waals surface area contributed by atoms with Gasteiger partial charge in [0.1, 0.15) is 13.2 Å². The van der Waals surface area contributed by atoms with Crippen molar-refractivity contribution in [2.24, 2.45) is 0 Å². The zero-order valence-corrected chi connectivity index (χ0v) is 9.91. The Kier molecular flexibility index (Phi) is 6.59. The number of hydrogen-bond donors (Lipinski definition) is 0. The third-order valence-corrected chi connectivity index (χ3v) is 1.43. The molecule has 0 aliphatic carbocycles. The van der Waals surface area contributed by atoms with Crippen LogP contribution in [0.1, 0.15) is 6.92 Å². The van der Waals surface area contributed by atoms with E-state index in [0.29, 0.717) is 0 Å². The van der Waals surface area contributed by atoms with Crippen LogP contribution in [-0.4, -0.2) is 43.9 Å². The van der Waals surface area contributed by atoms with Gasteiger partial charge in [-0.1, -0.05) is 6.58 Å². The van der Waals surface area contributed by atoms with Crippen molar-refractivity contribution in [2.75, 3.05) is 19.8 Å². The molecule has 0 amide bonds. The molecule has 0 heterocycles. The van der Waals surface area contributed by atoms with Gasteiger partial charge in [0, 0.05) is 5.57 Å². The van der Waals surface area contributed by atoms with Crippen molar-refractivity contribution in [3.8, 4) is 0 Å². The highest BCUT2D eigenvalue weighted by Crippen LogP contribution is 2.14. The monoisotopic (exact) mass is 284 g/mol. The molecule has 0 unspecified atom stereocenters. The summed E-state index contributed by atoms with van der Waals surface area (Å²) in [6, 6.07) is 0. The van der Waals surface area contributed by atoms with Crippen molar-refractivity contribution in [1.82, 2.24) is 0 Å². The summed E-state index contributed by atoms with van der Waals surface area (Å²) in [5.41, 5.74) is 0.121. The summed E-state index contributed by atoms with van der Waals surface area (Å²) < 4.78 is 47.3. The molecule has 0 saturated carbocycles. The quantitative estimate of drug-likeness (QED) is 0.244. The summed E-state index contributed by atoms with van der Waals surface area (Å²) in [5.74, 6) is -4.10. The molecule has 0 N–H and O–H groups in total. The second kappa shape index (κ2) is 7.39. The number of esters is 3. The van der Waals surface area contributed by atoms with Gasteiger partial charge in [-0.3, -0.25) is 0 Å². The molecule has 6 nitrogen and oxygen atoms in total. The van der Waals surface area contributed by atoms with E-state index in [4.69, 9.17) is 0 Å². The first-order valence-electron chi connectivity index (χ1n) is 4.86. The molecule has 0 aliphatic rings. The number of carbonyl (C=O) groups is 3. The molecule has 0 saturated heterocycles. The molecule has 0 spiro atoms. The topological polar surface area (TPSA) is 78.9 Å². The number of hydrogen-bond acceptors (Lipinski definition) is 6. The standard InChI is InChI=1S/C10H11F3O6/c1-6(2)7(14)17-3-4-18-8(15)9(16)19-5-10(11,12)13/h1,3-5H2,2H3. The van der Waals surface area contributed by atoms with Gasteiger partial charge >= 0.3 is 24.1 Å². The van der Waals surface area contributed by atoms with E-state index < -0.39 is 37.3 Å². The average Bonchev–Trinajstić information content (AvgIpc) is 2.29. The SMILES string of the molecule is C=C(C)C(=O)OCCOC(=O)C(=O)OCC(F)(F)F. The van der Waals surface area contributed by atoms with Gasteiger partial charge in [0.05, 0.1) is 0 Å². The molecular weight excluding hydrogens is 273 g/mol. The van der Waals surface area contributed by atoms with Crippen LogP contribution in [0.5, 0.6) is 0 Å². The molecular formula is C10H11F3O6. The van der Waals surface area contributed by atoms with E-state index in [-0.39, 0.29) is 12.2 Å². The van der Waals surface area contributed by atoms with Crippen LogP contribution in [0.25, 0.3) is 0 Å². The minimum atomic E-state index is -4.73. The van der Waals surface area contributed by atoms with Gasteiger partial charge in [-0.25, -0.2) is 14.4 Å². The Labute approximate surface area is 106 Å². The molecule has 0 aromatic heterocycles. The Morgan fingerprint density at radius 2 is 1.37 bits per heavy atom. The summed E-state index contributed by atoms with van der Waals surface area (Å²) in [6.45, 7) is 1.95. The van der Waals surface area contributed by atoms with Crippen molar-refractivity contribution >= 4 is 17.9 Å². The first kappa shape index (κ1) is 16.9. The number of ether oxygens (including phenoxy) is 3. The molecule has 0 aliphatic heterocycles.